The van der Waals surface area contributed by atoms with Crippen LogP contribution >= 0.6 is 0 Å². The fourth-order valence-corrected chi connectivity index (χ4v) is 1.59. The number of carbonyl (C=O) groups is 4. The second-order valence-electron chi connectivity index (χ2n) is 7.56. The standard InChI is InChI=1S/C16H28N2O7/c1-9(17-14(23)25-16(5,6)7)12(21)18-10(8-11(19)20)13(22)24-15(2,3)4/h9-10H,8H2,1-7H3,(H,17,23)(H,18,21)(H,19,20)/t9-,10-/m0/s1. The molecule has 9 nitrogen and oxygen atoms in total. The average molecular weight is 360 g/mol. The summed E-state index contributed by atoms with van der Waals surface area (Å²) in [6.45, 7) is 11.3. The summed E-state index contributed by atoms with van der Waals surface area (Å²) >= 11 is 0. The first-order valence-electron chi connectivity index (χ1n) is 7.85. The number of esters is 1. The van der Waals surface area contributed by atoms with Crippen molar-refractivity contribution in [3.63, 3.8) is 0 Å². The summed E-state index contributed by atoms with van der Waals surface area (Å²) in [5.41, 5.74) is -1.57. The van der Waals surface area contributed by atoms with Gasteiger partial charge in [0.25, 0.3) is 0 Å². The van der Waals surface area contributed by atoms with Crippen LogP contribution in [0.4, 0.5) is 4.79 Å². The van der Waals surface area contributed by atoms with Crippen LogP contribution in [0.3, 0.4) is 0 Å². The molecule has 0 saturated carbocycles. The van der Waals surface area contributed by atoms with E-state index in [9.17, 15) is 19.2 Å². The molecule has 0 aromatic carbocycles. The minimum absolute atomic E-state index is 0.639. The summed E-state index contributed by atoms with van der Waals surface area (Å²) in [6, 6.07) is -2.40. The van der Waals surface area contributed by atoms with E-state index in [2.05, 4.69) is 10.6 Å². The molecule has 0 radical (unpaired) electrons. The van der Waals surface area contributed by atoms with E-state index in [1.807, 2.05) is 0 Å². The Balaban J connectivity index is 4.87. The molecule has 0 rings (SSSR count). The van der Waals surface area contributed by atoms with Gasteiger partial charge in [-0.05, 0) is 48.5 Å². The molecule has 0 heterocycles. The molecule has 0 bridgehead atoms. The van der Waals surface area contributed by atoms with Crippen molar-refractivity contribution in [2.24, 2.45) is 0 Å². The summed E-state index contributed by atoms with van der Waals surface area (Å²) in [5.74, 6) is -2.88. The van der Waals surface area contributed by atoms with E-state index < -0.39 is 53.6 Å². The summed E-state index contributed by atoms with van der Waals surface area (Å²) in [7, 11) is 0. The number of amides is 2. The first-order chi connectivity index (χ1) is 11.1. The molecule has 0 aliphatic rings. The topological polar surface area (TPSA) is 131 Å². The third-order valence-corrected chi connectivity index (χ3v) is 2.51. The van der Waals surface area contributed by atoms with Crippen molar-refractivity contribution < 1.29 is 33.8 Å². The molecule has 25 heavy (non-hydrogen) atoms. The van der Waals surface area contributed by atoms with Crippen molar-refractivity contribution in [2.75, 3.05) is 0 Å². The Hall–Kier alpha value is -2.32. The van der Waals surface area contributed by atoms with E-state index in [4.69, 9.17) is 14.6 Å². The van der Waals surface area contributed by atoms with E-state index in [0.29, 0.717) is 0 Å². The molecule has 0 aliphatic carbocycles. The van der Waals surface area contributed by atoms with Crippen LogP contribution in [0.2, 0.25) is 0 Å². The molecular weight excluding hydrogens is 332 g/mol. The highest BCUT2D eigenvalue weighted by Gasteiger charge is 2.30. The predicted molar refractivity (Wildman–Crippen MR) is 88.9 cm³/mol. The third kappa shape index (κ3) is 11.0. The van der Waals surface area contributed by atoms with Gasteiger partial charge in [0.15, 0.2) is 0 Å². The van der Waals surface area contributed by atoms with Gasteiger partial charge in [-0.3, -0.25) is 9.59 Å². The summed E-state index contributed by atoms with van der Waals surface area (Å²) in [6.07, 6.45) is -1.44. The van der Waals surface area contributed by atoms with Crippen LogP contribution in [0, 0.1) is 0 Å². The van der Waals surface area contributed by atoms with Crippen LogP contribution in [0.15, 0.2) is 0 Å². The predicted octanol–water partition coefficient (Wildman–Crippen LogP) is 1.20. The monoisotopic (exact) mass is 360 g/mol. The second-order valence-corrected chi connectivity index (χ2v) is 7.56. The molecule has 2 atom stereocenters. The largest absolute Gasteiger partial charge is 0.481 e. The number of rotatable bonds is 6. The van der Waals surface area contributed by atoms with E-state index in [1.165, 1.54) is 6.92 Å². The quantitative estimate of drug-likeness (QED) is 0.607. The number of hydrogen-bond acceptors (Lipinski definition) is 6. The number of carbonyl (C=O) groups excluding carboxylic acids is 3. The fraction of sp³-hybridized carbons (Fsp3) is 0.750. The molecule has 0 unspecified atom stereocenters. The van der Waals surface area contributed by atoms with Gasteiger partial charge in [-0.2, -0.15) is 0 Å². The van der Waals surface area contributed by atoms with Crippen molar-refractivity contribution >= 4 is 23.9 Å². The highest BCUT2D eigenvalue weighted by Crippen LogP contribution is 2.10. The Morgan fingerprint density at radius 1 is 0.920 bits per heavy atom. The normalized spacial score (nSPS) is 14.0. The molecule has 0 aromatic heterocycles. The lowest BCUT2D eigenvalue weighted by Gasteiger charge is -2.25. The SMILES string of the molecule is C[C@H](NC(=O)OC(C)(C)C)C(=O)N[C@@H](CC(=O)O)C(=O)OC(C)(C)C. The first-order valence-corrected chi connectivity index (χ1v) is 7.85. The van der Waals surface area contributed by atoms with Crippen LogP contribution in [-0.2, 0) is 23.9 Å². The lowest BCUT2D eigenvalue weighted by Crippen LogP contribution is -2.52. The highest BCUT2D eigenvalue weighted by molar-refractivity contribution is 5.91. The molecule has 144 valence electrons. The number of hydrogen-bond donors (Lipinski definition) is 3. The van der Waals surface area contributed by atoms with Crippen LogP contribution < -0.4 is 10.6 Å². The number of aliphatic carboxylic acids is 1. The van der Waals surface area contributed by atoms with Gasteiger partial charge < -0.3 is 25.2 Å². The Labute approximate surface area is 147 Å². The number of nitrogens with one attached hydrogen (secondary N) is 2. The van der Waals surface area contributed by atoms with Gasteiger partial charge in [-0.25, -0.2) is 9.59 Å². The summed E-state index contributed by atoms with van der Waals surface area (Å²) in [4.78, 5) is 46.8. The Kier molecular flexibility index (Phi) is 7.88. The lowest BCUT2D eigenvalue weighted by molar-refractivity contribution is -0.161. The van der Waals surface area contributed by atoms with Crippen molar-refractivity contribution in [3.8, 4) is 0 Å². The summed E-state index contributed by atoms with van der Waals surface area (Å²) < 4.78 is 10.1. The van der Waals surface area contributed by atoms with Gasteiger partial charge in [0.2, 0.25) is 5.91 Å². The van der Waals surface area contributed by atoms with Gasteiger partial charge in [0.1, 0.15) is 23.3 Å². The molecule has 0 aliphatic heterocycles. The van der Waals surface area contributed by atoms with Crippen LogP contribution in [-0.4, -0.2) is 52.3 Å². The average Bonchev–Trinajstić information content (AvgIpc) is 2.32. The Morgan fingerprint density at radius 3 is 1.80 bits per heavy atom. The molecule has 3 N–H and O–H groups in total. The number of carboxylic acid groups (broad SMARTS) is 1. The molecule has 2 amide bonds. The van der Waals surface area contributed by atoms with Crippen molar-refractivity contribution in [1.82, 2.24) is 10.6 Å². The van der Waals surface area contributed by atoms with Gasteiger partial charge in [0.05, 0.1) is 6.42 Å². The van der Waals surface area contributed by atoms with Gasteiger partial charge in [-0.15, -0.1) is 0 Å². The van der Waals surface area contributed by atoms with Crippen LogP contribution in [0.1, 0.15) is 54.9 Å². The zero-order valence-corrected chi connectivity index (χ0v) is 15.8. The maximum Gasteiger partial charge on any atom is 0.408 e. The smallest absolute Gasteiger partial charge is 0.408 e. The zero-order valence-electron chi connectivity index (χ0n) is 15.8. The molecule has 9 heteroatoms. The number of alkyl carbamates (subject to hydrolysis) is 1. The number of ether oxygens (including phenoxy) is 2. The van der Waals surface area contributed by atoms with Gasteiger partial charge >= 0.3 is 18.0 Å². The first kappa shape index (κ1) is 22.7. The van der Waals surface area contributed by atoms with E-state index in [-0.39, 0.29) is 0 Å². The highest BCUT2D eigenvalue weighted by atomic mass is 16.6. The van der Waals surface area contributed by atoms with E-state index in [1.54, 1.807) is 41.5 Å². The van der Waals surface area contributed by atoms with Gasteiger partial charge in [-0.1, -0.05) is 0 Å². The van der Waals surface area contributed by atoms with Crippen LogP contribution in [0.25, 0.3) is 0 Å². The fourth-order valence-electron chi connectivity index (χ4n) is 1.59. The minimum Gasteiger partial charge on any atom is -0.481 e. The third-order valence-electron chi connectivity index (χ3n) is 2.51. The van der Waals surface area contributed by atoms with E-state index in [0.717, 1.165) is 0 Å². The molecule has 0 aromatic rings. The molecule has 0 saturated heterocycles. The second kappa shape index (κ2) is 8.68. The van der Waals surface area contributed by atoms with Crippen molar-refractivity contribution in [3.05, 3.63) is 0 Å². The van der Waals surface area contributed by atoms with Crippen LogP contribution in [0.5, 0.6) is 0 Å². The van der Waals surface area contributed by atoms with Crippen molar-refractivity contribution in [2.45, 2.75) is 78.2 Å². The lowest BCUT2D eigenvalue weighted by atomic mass is 10.1. The molecular formula is C16H28N2O7. The van der Waals surface area contributed by atoms with E-state index >= 15 is 0 Å². The van der Waals surface area contributed by atoms with Gasteiger partial charge in [0, 0.05) is 0 Å². The Morgan fingerprint density at radius 2 is 1.40 bits per heavy atom. The maximum absolute atomic E-state index is 12.1. The minimum atomic E-state index is -1.37. The Bertz CT molecular complexity index is 518. The summed E-state index contributed by atoms with van der Waals surface area (Å²) in [5, 5.41) is 13.5. The van der Waals surface area contributed by atoms with Crippen molar-refractivity contribution in [1.29, 1.82) is 0 Å². The molecule has 0 spiro atoms. The number of carboxylic acids is 1. The zero-order chi connectivity index (χ0) is 20.0. The molecule has 0 fully saturated rings. The maximum atomic E-state index is 12.1.